The van der Waals surface area contributed by atoms with E-state index >= 15 is 0 Å². The van der Waals surface area contributed by atoms with Crippen molar-refractivity contribution >= 4 is 10.0 Å². The second kappa shape index (κ2) is 6.08. The minimum Gasteiger partial charge on any atom is -0.383 e. The molecule has 2 N–H and O–H groups in total. The van der Waals surface area contributed by atoms with Gasteiger partial charge < -0.3 is 5.11 Å². The molecule has 0 aliphatic carbocycles. The molecule has 0 bridgehead atoms. The molecule has 0 aromatic heterocycles. The highest BCUT2D eigenvalue weighted by Crippen LogP contribution is 2.25. The van der Waals surface area contributed by atoms with E-state index in [2.05, 4.69) is 11.3 Å². The van der Waals surface area contributed by atoms with Crippen LogP contribution < -0.4 is 4.72 Å². The first-order chi connectivity index (χ1) is 9.12. The molecule has 0 saturated carbocycles. The van der Waals surface area contributed by atoms with Crippen molar-refractivity contribution in [3.63, 3.8) is 0 Å². The molecule has 20 heavy (non-hydrogen) atoms. The van der Waals surface area contributed by atoms with Gasteiger partial charge in [-0.3, -0.25) is 0 Å². The molecule has 0 aliphatic rings. The van der Waals surface area contributed by atoms with E-state index in [1.165, 1.54) is 0 Å². The summed E-state index contributed by atoms with van der Waals surface area (Å²) in [6.07, 6.45) is 1.85. The fraction of sp³-hybridized carbons (Fsp3) is 0.467. The standard InChI is InChI=1S/C15H23NO3S/c1-5-11-15(17,13-9-7-6-8-10-13)12-16-20(18,19)14(2,3)4/h5-10,16-17H,1,11-12H2,2-4H3/t15-/m1/s1. The van der Waals surface area contributed by atoms with Crippen molar-refractivity contribution in [2.45, 2.75) is 37.5 Å². The predicted molar refractivity (Wildman–Crippen MR) is 81.8 cm³/mol. The van der Waals surface area contributed by atoms with Gasteiger partial charge in [-0.25, -0.2) is 13.1 Å². The van der Waals surface area contributed by atoms with Crippen LogP contribution in [-0.4, -0.2) is 24.8 Å². The molecular weight excluding hydrogens is 274 g/mol. The monoisotopic (exact) mass is 297 g/mol. The minimum absolute atomic E-state index is 0.0807. The molecule has 4 nitrogen and oxygen atoms in total. The third-order valence-corrected chi connectivity index (χ3v) is 5.29. The average Bonchev–Trinajstić information content (AvgIpc) is 2.37. The second-order valence-electron chi connectivity index (χ2n) is 5.83. The Balaban J connectivity index is 2.98. The number of hydrogen-bond donors (Lipinski definition) is 2. The molecule has 0 spiro atoms. The lowest BCUT2D eigenvalue weighted by molar-refractivity contribution is 0.0452. The van der Waals surface area contributed by atoms with Crippen LogP contribution in [0.2, 0.25) is 0 Å². The first-order valence-electron chi connectivity index (χ1n) is 6.50. The van der Waals surface area contributed by atoms with Gasteiger partial charge in [0.15, 0.2) is 0 Å². The largest absolute Gasteiger partial charge is 0.383 e. The van der Waals surface area contributed by atoms with E-state index in [0.717, 1.165) is 0 Å². The van der Waals surface area contributed by atoms with Crippen LogP contribution in [0.15, 0.2) is 43.0 Å². The molecule has 0 saturated heterocycles. The fourth-order valence-electron chi connectivity index (χ4n) is 1.71. The van der Waals surface area contributed by atoms with Crippen molar-refractivity contribution in [3.8, 4) is 0 Å². The topological polar surface area (TPSA) is 66.4 Å². The molecule has 0 radical (unpaired) electrons. The highest BCUT2D eigenvalue weighted by atomic mass is 32.2. The second-order valence-corrected chi connectivity index (χ2v) is 8.35. The molecule has 112 valence electrons. The first kappa shape index (κ1) is 16.9. The molecule has 0 fully saturated rings. The summed E-state index contributed by atoms with van der Waals surface area (Å²) < 4.78 is 25.8. The Bertz CT molecular complexity index is 546. The Hall–Kier alpha value is -1.17. The van der Waals surface area contributed by atoms with Crippen molar-refractivity contribution in [3.05, 3.63) is 48.6 Å². The summed E-state index contributed by atoms with van der Waals surface area (Å²) in [5, 5.41) is 10.7. The lowest BCUT2D eigenvalue weighted by Crippen LogP contribution is -2.46. The van der Waals surface area contributed by atoms with Gasteiger partial charge in [-0.05, 0) is 32.8 Å². The van der Waals surface area contributed by atoms with Gasteiger partial charge in [0.25, 0.3) is 0 Å². The maximum atomic E-state index is 12.1. The lowest BCUT2D eigenvalue weighted by Gasteiger charge is -2.30. The Kier molecular flexibility index (Phi) is 5.13. The van der Waals surface area contributed by atoms with Gasteiger partial charge in [0.05, 0.1) is 4.75 Å². The molecular formula is C15H23NO3S. The third-order valence-electron chi connectivity index (χ3n) is 3.15. The van der Waals surface area contributed by atoms with E-state index in [9.17, 15) is 13.5 Å². The van der Waals surface area contributed by atoms with E-state index in [4.69, 9.17) is 0 Å². The highest BCUT2D eigenvalue weighted by molar-refractivity contribution is 7.90. The van der Waals surface area contributed by atoms with E-state index in [1.54, 1.807) is 39.0 Å². The normalized spacial score (nSPS) is 15.6. The minimum atomic E-state index is -3.50. The zero-order chi connectivity index (χ0) is 15.4. The molecule has 5 heteroatoms. The van der Waals surface area contributed by atoms with Crippen molar-refractivity contribution in [2.75, 3.05) is 6.54 Å². The van der Waals surface area contributed by atoms with Gasteiger partial charge >= 0.3 is 0 Å². The van der Waals surface area contributed by atoms with Crippen molar-refractivity contribution in [1.82, 2.24) is 4.72 Å². The Morgan fingerprint density at radius 3 is 2.25 bits per heavy atom. The Labute approximate surface area is 121 Å². The van der Waals surface area contributed by atoms with Gasteiger partial charge in [0, 0.05) is 6.54 Å². The summed E-state index contributed by atoms with van der Waals surface area (Å²) in [5.41, 5.74) is -0.627. The molecule has 0 aliphatic heterocycles. The lowest BCUT2D eigenvalue weighted by atomic mass is 9.91. The number of sulfonamides is 1. The molecule has 1 rings (SSSR count). The summed E-state index contributed by atoms with van der Waals surface area (Å²) in [6.45, 7) is 8.39. The maximum Gasteiger partial charge on any atom is 0.216 e. The quantitative estimate of drug-likeness (QED) is 0.791. The maximum absolute atomic E-state index is 12.1. The van der Waals surface area contributed by atoms with Gasteiger partial charge in [-0.2, -0.15) is 0 Å². The zero-order valence-corrected chi connectivity index (χ0v) is 13.1. The first-order valence-corrected chi connectivity index (χ1v) is 7.99. The predicted octanol–water partition coefficient (Wildman–Crippen LogP) is 2.17. The van der Waals surface area contributed by atoms with E-state index < -0.39 is 20.4 Å². The van der Waals surface area contributed by atoms with Crippen LogP contribution in [0, 0.1) is 0 Å². The molecule has 0 amide bonds. The van der Waals surface area contributed by atoms with Gasteiger partial charge in [0.2, 0.25) is 10.0 Å². The van der Waals surface area contributed by atoms with Gasteiger partial charge in [-0.1, -0.05) is 36.4 Å². The zero-order valence-electron chi connectivity index (χ0n) is 12.3. The summed E-state index contributed by atoms with van der Waals surface area (Å²) in [4.78, 5) is 0. The van der Waals surface area contributed by atoms with Crippen LogP contribution in [0.4, 0.5) is 0 Å². The van der Waals surface area contributed by atoms with Gasteiger partial charge in [0.1, 0.15) is 5.60 Å². The highest BCUT2D eigenvalue weighted by Gasteiger charge is 2.34. The summed E-state index contributed by atoms with van der Waals surface area (Å²) >= 11 is 0. The van der Waals surface area contributed by atoms with Crippen molar-refractivity contribution in [1.29, 1.82) is 0 Å². The molecule has 1 aromatic rings. The van der Waals surface area contributed by atoms with E-state index in [0.29, 0.717) is 5.56 Å². The Morgan fingerprint density at radius 2 is 1.80 bits per heavy atom. The van der Waals surface area contributed by atoms with Gasteiger partial charge in [-0.15, -0.1) is 6.58 Å². The number of benzene rings is 1. The Morgan fingerprint density at radius 1 is 1.25 bits per heavy atom. The van der Waals surface area contributed by atoms with Crippen LogP contribution in [0.1, 0.15) is 32.8 Å². The average molecular weight is 297 g/mol. The molecule has 1 atom stereocenters. The van der Waals surface area contributed by atoms with Crippen molar-refractivity contribution < 1.29 is 13.5 Å². The fourth-order valence-corrected chi connectivity index (χ4v) is 2.57. The van der Waals surface area contributed by atoms with Crippen molar-refractivity contribution in [2.24, 2.45) is 0 Å². The van der Waals surface area contributed by atoms with Crippen LogP contribution in [-0.2, 0) is 15.6 Å². The smallest absolute Gasteiger partial charge is 0.216 e. The van der Waals surface area contributed by atoms with Crippen LogP contribution in [0.5, 0.6) is 0 Å². The van der Waals surface area contributed by atoms with Crippen LogP contribution in [0.25, 0.3) is 0 Å². The van der Waals surface area contributed by atoms with Crippen LogP contribution in [0.3, 0.4) is 0 Å². The number of hydrogen-bond acceptors (Lipinski definition) is 3. The summed E-state index contributed by atoms with van der Waals surface area (Å²) in [7, 11) is -3.50. The molecule has 0 heterocycles. The van der Waals surface area contributed by atoms with E-state index in [1.807, 2.05) is 18.2 Å². The summed E-state index contributed by atoms with van der Waals surface area (Å²) in [6, 6.07) is 9.00. The third kappa shape index (κ3) is 3.91. The number of aliphatic hydroxyl groups is 1. The number of nitrogens with one attached hydrogen (secondary N) is 1. The van der Waals surface area contributed by atoms with E-state index in [-0.39, 0.29) is 13.0 Å². The van der Waals surface area contributed by atoms with Crippen LogP contribution >= 0.6 is 0 Å². The molecule has 1 aromatic carbocycles. The molecule has 0 unspecified atom stereocenters. The SMILES string of the molecule is C=CC[C@@](O)(CNS(=O)(=O)C(C)(C)C)c1ccccc1. The number of rotatable bonds is 6. The summed E-state index contributed by atoms with van der Waals surface area (Å²) in [5.74, 6) is 0.